The Bertz CT molecular complexity index is 2100. The van der Waals surface area contributed by atoms with Crippen molar-refractivity contribution in [2.45, 2.75) is 168 Å². The third-order valence-electron chi connectivity index (χ3n) is 10.2. The Kier molecular flexibility index (Phi) is 21.0. The first kappa shape index (κ1) is 57.1. The number of ether oxygens (including phenoxy) is 15. The summed E-state index contributed by atoms with van der Waals surface area (Å²) < 4.78 is 87.4. The first-order valence-electron chi connectivity index (χ1n) is 22.0. The zero-order chi connectivity index (χ0) is 52.9. The van der Waals surface area contributed by atoms with Gasteiger partial charge in [-0.05, 0) is 19.1 Å². The van der Waals surface area contributed by atoms with Crippen LogP contribution in [0.15, 0.2) is 24.3 Å². The van der Waals surface area contributed by atoms with Crippen LogP contribution in [0.25, 0.3) is 0 Å². The summed E-state index contributed by atoms with van der Waals surface area (Å²) in [6.45, 7) is 10.0. The number of benzene rings is 1. The molecule has 26 nitrogen and oxygen atoms in total. The first-order chi connectivity index (χ1) is 33.3. The highest BCUT2D eigenvalue weighted by atomic mass is 16.8. The van der Waals surface area contributed by atoms with Gasteiger partial charge in [0.15, 0.2) is 61.5 Å². The minimum absolute atomic E-state index is 0.421. The number of anilines is 1. The van der Waals surface area contributed by atoms with Gasteiger partial charge in [0.25, 0.3) is 0 Å². The molecule has 15 atom stereocenters. The summed E-state index contributed by atoms with van der Waals surface area (Å²) in [7, 11) is 0. The van der Waals surface area contributed by atoms with E-state index in [2.05, 4.69) is 5.32 Å². The predicted octanol–water partition coefficient (Wildman–Crippen LogP) is 0.563. The van der Waals surface area contributed by atoms with E-state index in [4.69, 9.17) is 71.1 Å². The van der Waals surface area contributed by atoms with Crippen molar-refractivity contribution in [3.8, 4) is 0 Å². The number of hydrogen-bond acceptors (Lipinski definition) is 26. The van der Waals surface area contributed by atoms with Crippen LogP contribution >= 0.6 is 0 Å². The molecule has 3 fully saturated rings. The molecule has 0 saturated carbocycles. The molecule has 3 aliphatic rings. The molecule has 0 aromatic heterocycles. The number of carbonyl (C=O) groups is 10. The molecule has 3 saturated heterocycles. The molecular weight excluding hydrogens is 954 g/mol. The van der Waals surface area contributed by atoms with Crippen LogP contribution in [0.4, 0.5) is 5.69 Å². The highest BCUT2D eigenvalue weighted by Crippen LogP contribution is 2.38. The summed E-state index contributed by atoms with van der Waals surface area (Å²) >= 11 is 0. The summed E-state index contributed by atoms with van der Waals surface area (Å²) in [5.41, 5.74) is 1.30. The normalized spacial score (nSPS) is 30.2. The number of carbonyl (C=O) groups excluding carboxylic acids is 10. The van der Waals surface area contributed by atoms with Crippen LogP contribution in [0, 0.1) is 6.92 Å². The van der Waals surface area contributed by atoms with E-state index >= 15 is 0 Å². The van der Waals surface area contributed by atoms with Crippen LogP contribution < -0.4 is 5.32 Å². The maximum Gasteiger partial charge on any atom is 0.303 e. The number of hydrogen-bond donors (Lipinski definition) is 1. The molecule has 0 bridgehead atoms. The first-order valence-corrected chi connectivity index (χ1v) is 22.0. The van der Waals surface area contributed by atoms with Gasteiger partial charge in [-0.25, -0.2) is 0 Å². The lowest BCUT2D eigenvalue weighted by Gasteiger charge is -2.50. The fraction of sp³-hybridized carbons (Fsp3) is 0.644. The lowest BCUT2D eigenvalue weighted by molar-refractivity contribution is -0.374. The van der Waals surface area contributed by atoms with Gasteiger partial charge in [-0.1, -0.05) is 17.7 Å². The zero-order valence-electron chi connectivity index (χ0n) is 40.8. The average Bonchev–Trinajstić information content (AvgIpc) is 3.24. The third-order valence-corrected chi connectivity index (χ3v) is 10.2. The summed E-state index contributed by atoms with van der Waals surface area (Å²) in [6, 6.07) is 6.85. The van der Waals surface area contributed by atoms with E-state index in [1.807, 2.05) is 6.92 Å². The van der Waals surface area contributed by atoms with Crippen molar-refractivity contribution in [1.82, 2.24) is 0 Å². The minimum Gasteiger partial charge on any atom is -0.463 e. The fourth-order valence-corrected chi connectivity index (χ4v) is 7.72. The van der Waals surface area contributed by atoms with Gasteiger partial charge in [-0.2, -0.15) is 0 Å². The molecule has 3 aliphatic heterocycles. The molecule has 0 aliphatic carbocycles. The van der Waals surface area contributed by atoms with Gasteiger partial charge < -0.3 is 76.4 Å². The minimum atomic E-state index is -2.05. The Labute approximate surface area is 407 Å². The van der Waals surface area contributed by atoms with Gasteiger partial charge in [0.05, 0.1) is 0 Å². The summed E-state index contributed by atoms with van der Waals surface area (Å²) in [6.07, 6.45) is -26.3. The topological polar surface area (TPSA) is 321 Å². The summed E-state index contributed by atoms with van der Waals surface area (Å²) in [5, 5.41) is 3.09. The molecule has 3 heterocycles. The highest BCUT2D eigenvalue weighted by Gasteiger charge is 2.60. The van der Waals surface area contributed by atoms with E-state index in [9.17, 15) is 47.9 Å². The van der Waals surface area contributed by atoms with Gasteiger partial charge >= 0.3 is 59.7 Å². The zero-order valence-corrected chi connectivity index (χ0v) is 40.8. The van der Waals surface area contributed by atoms with Crippen molar-refractivity contribution in [2.75, 3.05) is 25.1 Å². The van der Waals surface area contributed by atoms with Crippen molar-refractivity contribution in [2.24, 2.45) is 0 Å². The maximum atomic E-state index is 13.2. The molecule has 0 spiro atoms. The molecule has 71 heavy (non-hydrogen) atoms. The largest absolute Gasteiger partial charge is 0.463 e. The smallest absolute Gasteiger partial charge is 0.303 e. The van der Waals surface area contributed by atoms with E-state index in [-0.39, 0.29) is 0 Å². The van der Waals surface area contributed by atoms with Crippen molar-refractivity contribution in [3.63, 3.8) is 0 Å². The van der Waals surface area contributed by atoms with E-state index in [1.54, 1.807) is 24.3 Å². The SMILES string of the molecule is CC(=O)OCC1OC(Nc2ccc(C)cc2)C(OC(C)=O)C(OC2OC(COC(C)=O)C(OC(C)=O)C(OC3O[C@H](COC(C)=O)[C@@H](OC(C)=O)[C@H](OC(C)=O)[C@H]3OC(C)=O)C2OC(C)=O)C1OC(C)=O. The van der Waals surface area contributed by atoms with Gasteiger partial charge in [0, 0.05) is 74.9 Å². The number of rotatable bonds is 19. The molecule has 394 valence electrons. The molecule has 1 aromatic carbocycles. The van der Waals surface area contributed by atoms with E-state index in [1.165, 1.54) is 0 Å². The second-order valence-corrected chi connectivity index (χ2v) is 16.3. The van der Waals surface area contributed by atoms with Crippen LogP contribution in [-0.4, -0.2) is 172 Å². The van der Waals surface area contributed by atoms with Gasteiger partial charge in [0.1, 0.15) is 50.3 Å². The second kappa shape index (κ2) is 26.1. The summed E-state index contributed by atoms with van der Waals surface area (Å²) in [5.74, 6) is -9.32. The van der Waals surface area contributed by atoms with Crippen LogP contribution in [-0.2, 0) is 119 Å². The monoisotopic (exact) mass is 1010 g/mol. The molecule has 26 heteroatoms. The molecule has 1 N–H and O–H groups in total. The second-order valence-electron chi connectivity index (χ2n) is 16.3. The van der Waals surface area contributed by atoms with E-state index < -0.39 is 172 Å². The van der Waals surface area contributed by atoms with Gasteiger partial charge in [-0.3, -0.25) is 47.9 Å². The quantitative estimate of drug-likeness (QED) is 0.146. The van der Waals surface area contributed by atoms with Crippen molar-refractivity contribution >= 4 is 65.4 Å². The Morgan fingerprint density at radius 1 is 0.380 bits per heavy atom. The third kappa shape index (κ3) is 17.1. The standard InChI is InChI=1S/C45H59NO25/c1-19-12-14-30(15-13-19)46-43-40(64-27(9)54)37(34(60-23(5)50)31(67-43)16-57-20(2)47)70-45-42(66-29(11)56)39(36(62-25(7)52)33(69-45)18-59-22(4)49)71-44-41(65-28(10)55)38(63-26(8)53)35(61-24(6)51)32(68-44)17-58-21(3)48/h12-15,31-46H,16-18H2,1-11H3/t31?,32-,33?,34?,35-,36?,37?,38+,39?,40?,41-,42?,43?,44?,45?/m1/s1. The fourth-order valence-electron chi connectivity index (χ4n) is 7.72. The van der Waals surface area contributed by atoms with Crippen molar-refractivity contribution < 1.29 is 119 Å². The maximum absolute atomic E-state index is 13.2. The molecule has 0 amide bonds. The van der Waals surface area contributed by atoms with Gasteiger partial charge in [0.2, 0.25) is 0 Å². The van der Waals surface area contributed by atoms with E-state index in [0.717, 1.165) is 74.8 Å². The number of aryl methyl sites for hydroxylation is 1. The Balaban J connectivity index is 1.99. The Morgan fingerprint density at radius 2 is 0.676 bits per heavy atom. The Morgan fingerprint density at radius 3 is 1.04 bits per heavy atom. The van der Waals surface area contributed by atoms with Crippen LogP contribution in [0.1, 0.15) is 74.8 Å². The van der Waals surface area contributed by atoms with Crippen LogP contribution in [0.3, 0.4) is 0 Å². The van der Waals surface area contributed by atoms with Crippen molar-refractivity contribution in [1.29, 1.82) is 0 Å². The molecular formula is C45H59NO25. The molecule has 11 unspecified atom stereocenters. The molecule has 0 radical (unpaired) electrons. The van der Waals surface area contributed by atoms with Crippen LogP contribution in [0.5, 0.6) is 0 Å². The predicted molar refractivity (Wildman–Crippen MR) is 229 cm³/mol. The highest BCUT2D eigenvalue weighted by molar-refractivity contribution is 5.70. The molecule has 4 rings (SSSR count). The van der Waals surface area contributed by atoms with Crippen LogP contribution in [0.2, 0.25) is 0 Å². The number of nitrogens with one attached hydrogen (secondary N) is 1. The van der Waals surface area contributed by atoms with Crippen molar-refractivity contribution in [3.05, 3.63) is 29.8 Å². The average molecular weight is 1010 g/mol. The Hall–Kier alpha value is -6.48. The lowest BCUT2D eigenvalue weighted by atomic mass is 9.94. The summed E-state index contributed by atoms with van der Waals surface area (Å²) in [4.78, 5) is 126. The van der Waals surface area contributed by atoms with E-state index in [0.29, 0.717) is 5.69 Å². The molecule has 1 aromatic rings. The number of esters is 10. The van der Waals surface area contributed by atoms with Gasteiger partial charge in [-0.15, -0.1) is 0 Å². The lowest BCUT2D eigenvalue weighted by Crippen LogP contribution is -2.69.